The molecule has 6 N–H and O–H groups in total. The van der Waals surface area contributed by atoms with Crippen LogP contribution in [-0.2, 0) is 20.8 Å². The van der Waals surface area contributed by atoms with E-state index >= 15 is 0 Å². The van der Waals surface area contributed by atoms with Crippen molar-refractivity contribution in [3.05, 3.63) is 41.1 Å². The normalized spacial score (nSPS) is 24.9. The lowest BCUT2D eigenvalue weighted by molar-refractivity contribution is -0.840. The van der Waals surface area contributed by atoms with E-state index in [1.54, 1.807) is 6.08 Å². The van der Waals surface area contributed by atoms with Crippen molar-refractivity contribution in [3.63, 3.8) is 0 Å². The first-order valence-electron chi connectivity index (χ1n) is 8.42. The number of allylic oxidation sites excluding steroid dienone is 1. The van der Waals surface area contributed by atoms with Gasteiger partial charge in [0.15, 0.2) is 11.5 Å². The molecule has 2 aliphatic heterocycles. The van der Waals surface area contributed by atoms with Crippen LogP contribution in [0.2, 0.25) is 0 Å². The summed E-state index contributed by atoms with van der Waals surface area (Å²) in [7, 11) is 0. The maximum atomic E-state index is 11.5. The first-order valence-corrected chi connectivity index (χ1v) is 8.42. The number of nitrogens with one attached hydrogen (secondary N) is 2. The van der Waals surface area contributed by atoms with Crippen molar-refractivity contribution >= 4 is 23.6 Å². The second-order valence-electron chi connectivity index (χ2n) is 6.68. The van der Waals surface area contributed by atoms with Gasteiger partial charge in [0.2, 0.25) is 0 Å². The third kappa shape index (κ3) is 3.62. The predicted octanol–water partition coefficient (Wildman–Crippen LogP) is -2.37. The number of carbonyl (C=O) groups excluding carboxylic acids is 1. The Labute approximate surface area is 158 Å². The summed E-state index contributed by atoms with van der Waals surface area (Å²) in [5.41, 5.74) is 1.20. The molecule has 148 valence electrons. The Balaban J connectivity index is 1.92. The highest BCUT2D eigenvalue weighted by Gasteiger charge is 2.36. The van der Waals surface area contributed by atoms with Crippen LogP contribution in [0.4, 0.5) is 5.69 Å². The Bertz CT molecular complexity index is 920. The third-order valence-corrected chi connectivity index (χ3v) is 4.89. The Kier molecular flexibility index (Phi) is 4.97. The van der Waals surface area contributed by atoms with Crippen molar-refractivity contribution in [2.75, 3.05) is 6.54 Å². The highest BCUT2D eigenvalue weighted by atomic mass is 16.4. The molecule has 2 aliphatic rings. The maximum Gasteiger partial charge on any atom is 0.351 e. The lowest BCUT2D eigenvalue weighted by Gasteiger charge is -2.24. The highest BCUT2D eigenvalue weighted by molar-refractivity contribution is 5.89. The fourth-order valence-corrected chi connectivity index (χ4v) is 3.51. The van der Waals surface area contributed by atoms with Gasteiger partial charge in [0.1, 0.15) is 36.0 Å². The van der Waals surface area contributed by atoms with Gasteiger partial charge in [-0.05, 0) is 23.8 Å². The largest absolute Gasteiger partial charge is 0.544 e. The van der Waals surface area contributed by atoms with Gasteiger partial charge < -0.3 is 35.6 Å². The number of aromatic hydroxyl groups is 2. The first-order chi connectivity index (χ1) is 13.2. The number of rotatable bonds is 5. The van der Waals surface area contributed by atoms with Crippen molar-refractivity contribution in [1.82, 2.24) is 5.32 Å². The van der Waals surface area contributed by atoms with E-state index < -0.39 is 30.0 Å². The summed E-state index contributed by atoms with van der Waals surface area (Å²) in [6, 6.07) is 0.505. The molecule has 0 aromatic heterocycles. The Morgan fingerprint density at radius 3 is 2.46 bits per heavy atom. The minimum Gasteiger partial charge on any atom is -0.544 e. The molecule has 3 rings (SSSR count). The minimum absolute atomic E-state index is 0.0308. The van der Waals surface area contributed by atoms with Crippen LogP contribution in [0, 0.1) is 0 Å². The van der Waals surface area contributed by atoms with Crippen molar-refractivity contribution < 1.29 is 44.8 Å². The van der Waals surface area contributed by atoms with Gasteiger partial charge in [-0.25, -0.2) is 9.59 Å². The summed E-state index contributed by atoms with van der Waals surface area (Å²) < 4.78 is 0. The Morgan fingerprint density at radius 2 is 1.86 bits per heavy atom. The van der Waals surface area contributed by atoms with Crippen LogP contribution in [-0.4, -0.2) is 57.0 Å². The SMILES string of the molecule is O=C(O)C1=CC(=CC[NH+]2c3cc(O)c(O)cc3CC2C(=O)[O-])CC(C(=O)O)N1. The second-order valence-corrected chi connectivity index (χ2v) is 6.68. The molecular weight excluding hydrogens is 372 g/mol. The standard InChI is InChI=1S/C18H18N2O8/c21-14-6-9-5-13(18(27)28)20(12(9)7-15(14)22)2-1-8-3-10(16(23)24)19-11(4-8)17(25)26/h1,3,6-7,11,13,19,21-22H,2,4-5H2,(H,23,24)(H,25,26)(H,27,28). The van der Waals surface area contributed by atoms with E-state index in [9.17, 15) is 34.8 Å². The maximum absolute atomic E-state index is 11.5. The molecule has 0 radical (unpaired) electrons. The molecule has 0 aliphatic carbocycles. The van der Waals surface area contributed by atoms with Crippen LogP contribution in [0.3, 0.4) is 0 Å². The topological polar surface area (TPSA) is 172 Å². The fraction of sp³-hybridized carbons (Fsp3) is 0.278. The zero-order valence-electron chi connectivity index (χ0n) is 14.5. The van der Waals surface area contributed by atoms with E-state index in [-0.39, 0.29) is 36.6 Å². The number of phenolic OH excluding ortho intramolecular Hbond substituents is 2. The number of carboxylic acid groups (broad SMARTS) is 3. The molecule has 2 heterocycles. The number of benzene rings is 1. The smallest absolute Gasteiger partial charge is 0.351 e. The zero-order chi connectivity index (χ0) is 20.6. The van der Waals surface area contributed by atoms with Crippen molar-refractivity contribution in [3.8, 4) is 11.5 Å². The highest BCUT2D eigenvalue weighted by Crippen LogP contribution is 2.32. The van der Waals surface area contributed by atoms with Gasteiger partial charge in [-0.15, -0.1) is 0 Å². The number of aliphatic carboxylic acids is 3. The van der Waals surface area contributed by atoms with Gasteiger partial charge in [-0.1, -0.05) is 0 Å². The van der Waals surface area contributed by atoms with Crippen LogP contribution >= 0.6 is 0 Å². The molecule has 0 saturated carbocycles. The van der Waals surface area contributed by atoms with E-state index in [2.05, 4.69) is 5.32 Å². The zero-order valence-corrected chi connectivity index (χ0v) is 14.5. The molecular formula is C18H18N2O8. The molecule has 10 heteroatoms. The fourth-order valence-electron chi connectivity index (χ4n) is 3.51. The monoisotopic (exact) mass is 390 g/mol. The summed E-state index contributed by atoms with van der Waals surface area (Å²) in [6.07, 6.45) is 3.01. The van der Waals surface area contributed by atoms with Gasteiger partial charge in [0.05, 0.1) is 0 Å². The number of carbonyl (C=O) groups is 3. The lowest BCUT2D eigenvalue weighted by atomic mass is 9.99. The van der Waals surface area contributed by atoms with E-state index in [0.717, 1.165) is 0 Å². The first kappa shape index (κ1) is 19.2. The molecule has 3 unspecified atom stereocenters. The molecule has 0 spiro atoms. The van der Waals surface area contributed by atoms with Gasteiger partial charge in [-0.3, -0.25) is 4.90 Å². The van der Waals surface area contributed by atoms with Crippen LogP contribution in [0.25, 0.3) is 0 Å². The molecule has 0 amide bonds. The number of phenols is 2. The van der Waals surface area contributed by atoms with Gasteiger partial charge in [-0.2, -0.15) is 0 Å². The van der Waals surface area contributed by atoms with Gasteiger partial charge in [0.25, 0.3) is 0 Å². The van der Waals surface area contributed by atoms with Crippen LogP contribution in [0.1, 0.15) is 12.0 Å². The average Bonchev–Trinajstić information content (AvgIpc) is 2.97. The summed E-state index contributed by atoms with van der Waals surface area (Å²) in [5.74, 6) is -4.55. The third-order valence-electron chi connectivity index (χ3n) is 4.89. The van der Waals surface area contributed by atoms with Crippen LogP contribution < -0.4 is 15.3 Å². The van der Waals surface area contributed by atoms with Crippen molar-refractivity contribution in [2.24, 2.45) is 0 Å². The molecule has 10 nitrogen and oxygen atoms in total. The quantitative estimate of drug-likeness (QED) is 0.237. The summed E-state index contributed by atoms with van der Waals surface area (Å²) >= 11 is 0. The molecule has 28 heavy (non-hydrogen) atoms. The van der Waals surface area contributed by atoms with E-state index in [1.165, 1.54) is 18.2 Å². The molecule has 1 aromatic carbocycles. The molecule has 3 atom stereocenters. The van der Waals surface area contributed by atoms with Crippen LogP contribution in [0.5, 0.6) is 11.5 Å². The number of quaternary nitrogens is 1. The van der Waals surface area contributed by atoms with Gasteiger partial charge in [0, 0.05) is 24.5 Å². The van der Waals surface area contributed by atoms with Crippen molar-refractivity contribution in [2.45, 2.75) is 24.9 Å². The van der Waals surface area contributed by atoms with E-state index in [0.29, 0.717) is 21.7 Å². The molecule has 0 bridgehead atoms. The van der Waals surface area contributed by atoms with E-state index in [1.807, 2.05) is 0 Å². The summed E-state index contributed by atoms with van der Waals surface area (Å²) in [5, 5.41) is 51.6. The van der Waals surface area contributed by atoms with Crippen molar-refractivity contribution in [1.29, 1.82) is 0 Å². The Hall–Kier alpha value is -3.53. The minimum atomic E-state index is -1.31. The summed E-state index contributed by atoms with van der Waals surface area (Å²) in [4.78, 5) is 34.4. The predicted molar refractivity (Wildman–Crippen MR) is 90.7 cm³/mol. The summed E-state index contributed by atoms with van der Waals surface area (Å²) in [6.45, 7) is 0.0981. The van der Waals surface area contributed by atoms with E-state index in [4.69, 9.17) is 5.11 Å². The number of hydrogen-bond acceptors (Lipinski definition) is 7. The number of fused-ring (bicyclic) bond motifs is 1. The molecule has 1 aromatic rings. The molecule has 0 saturated heterocycles. The Morgan fingerprint density at radius 1 is 1.18 bits per heavy atom. The number of carboxylic acids is 3. The number of hydrogen-bond donors (Lipinski definition) is 6. The molecule has 0 fully saturated rings. The van der Waals surface area contributed by atoms with Crippen LogP contribution in [0.15, 0.2) is 35.6 Å². The lowest BCUT2D eigenvalue weighted by Crippen LogP contribution is -3.11. The second kappa shape index (κ2) is 7.24. The van der Waals surface area contributed by atoms with Gasteiger partial charge >= 0.3 is 11.9 Å². The average molecular weight is 390 g/mol.